The molecule has 0 saturated heterocycles. The Morgan fingerprint density at radius 1 is 0.917 bits per heavy atom. The first-order chi connectivity index (χ1) is 11.2. The van der Waals surface area contributed by atoms with Crippen molar-refractivity contribution in [3.8, 4) is 0 Å². The SMILES string of the molecule is CC(C)OC(O[SiH2]CCCc1cc(F)c(F)c(F)c1F)OC(C)C. The van der Waals surface area contributed by atoms with Crippen molar-refractivity contribution in [2.75, 3.05) is 0 Å². The van der Waals surface area contributed by atoms with Crippen LogP contribution in [-0.2, 0) is 20.3 Å². The Morgan fingerprint density at radius 2 is 1.50 bits per heavy atom. The molecule has 0 aromatic heterocycles. The first-order valence-electron chi connectivity index (χ1n) is 7.96. The highest BCUT2D eigenvalue weighted by atomic mass is 28.2. The van der Waals surface area contributed by atoms with Gasteiger partial charge in [0.25, 0.3) is 6.48 Å². The van der Waals surface area contributed by atoms with Crippen molar-refractivity contribution in [3.05, 3.63) is 34.9 Å². The number of halogens is 4. The van der Waals surface area contributed by atoms with E-state index in [0.29, 0.717) is 18.5 Å². The molecule has 0 bridgehead atoms. The molecule has 0 atom stereocenters. The summed E-state index contributed by atoms with van der Waals surface area (Å²) in [6.07, 6.45) is 0.477. The zero-order valence-corrected chi connectivity index (χ0v) is 15.8. The third kappa shape index (κ3) is 6.88. The van der Waals surface area contributed by atoms with Gasteiger partial charge in [-0.25, -0.2) is 17.6 Å². The van der Waals surface area contributed by atoms with Gasteiger partial charge in [-0.3, -0.25) is 0 Å². The van der Waals surface area contributed by atoms with Crippen molar-refractivity contribution in [2.45, 2.75) is 65.3 Å². The first kappa shape index (κ1) is 21.1. The van der Waals surface area contributed by atoms with Crippen molar-refractivity contribution < 1.29 is 31.5 Å². The minimum atomic E-state index is -1.78. The molecule has 0 spiro atoms. The van der Waals surface area contributed by atoms with Gasteiger partial charge < -0.3 is 13.9 Å². The van der Waals surface area contributed by atoms with Crippen LogP contribution in [0.3, 0.4) is 0 Å². The Morgan fingerprint density at radius 3 is 2.04 bits per heavy atom. The van der Waals surface area contributed by atoms with E-state index in [2.05, 4.69) is 0 Å². The van der Waals surface area contributed by atoms with Gasteiger partial charge in [0.2, 0.25) is 0 Å². The summed E-state index contributed by atoms with van der Waals surface area (Å²) in [5, 5.41) is 0. The summed E-state index contributed by atoms with van der Waals surface area (Å²) in [7, 11) is -1.01. The summed E-state index contributed by atoms with van der Waals surface area (Å²) in [5.74, 6) is -6.27. The van der Waals surface area contributed by atoms with Crippen LogP contribution in [0.1, 0.15) is 39.7 Å². The molecule has 0 aliphatic heterocycles. The number of ether oxygens (including phenoxy) is 2. The number of rotatable bonds is 10. The van der Waals surface area contributed by atoms with Gasteiger partial charge in [0.05, 0.1) is 12.2 Å². The van der Waals surface area contributed by atoms with Crippen molar-refractivity contribution in [1.82, 2.24) is 0 Å². The van der Waals surface area contributed by atoms with E-state index in [1.54, 1.807) is 0 Å². The molecule has 0 fully saturated rings. The van der Waals surface area contributed by atoms with Crippen molar-refractivity contribution in [3.63, 3.8) is 0 Å². The first-order valence-corrected chi connectivity index (χ1v) is 9.54. The Hall–Kier alpha value is -0.963. The van der Waals surface area contributed by atoms with Crippen LogP contribution >= 0.6 is 0 Å². The van der Waals surface area contributed by atoms with Crippen LogP contribution in [0.25, 0.3) is 0 Å². The highest BCUT2D eigenvalue weighted by molar-refractivity contribution is 6.27. The topological polar surface area (TPSA) is 27.7 Å². The lowest BCUT2D eigenvalue weighted by molar-refractivity contribution is -0.275. The van der Waals surface area contributed by atoms with Crippen LogP contribution < -0.4 is 0 Å². The van der Waals surface area contributed by atoms with E-state index in [0.717, 1.165) is 0 Å². The fourth-order valence-electron chi connectivity index (χ4n) is 1.96. The highest BCUT2D eigenvalue weighted by Crippen LogP contribution is 2.20. The average Bonchev–Trinajstić information content (AvgIpc) is 2.48. The van der Waals surface area contributed by atoms with Crippen LogP contribution in [0.5, 0.6) is 0 Å². The smallest absolute Gasteiger partial charge is 0.262 e. The van der Waals surface area contributed by atoms with E-state index in [9.17, 15) is 17.6 Å². The Kier molecular flexibility index (Phi) is 8.89. The van der Waals surface area contributed by atoms with Crippen LogP contribution in [0, 0.1) is 23.3 Å². The van der Waals surface area contributed by atoms with Gasteiger partial charge in [-0.2, -0.15) is 0 Å². The van der Waals surface area contributed by atoms with Crippen LogP contribution in [-0.4, -0.2) is 28.4 Å². The molecular formula is C16H24F4O3Si. The van der Waals surface area contributed by atoms with Crippen LogP contribution in [0.15, 0.2) is 6.07 Å². The van der Waals surface area contributed by atoms with E-state index in [-0.39, 0.29) is 24.2 Å². The lowest BCUT2D eigenvalue weighted by atomic mass is 10.1. The molecule has 0 heterocycles. The maximum atomic E-state index is 13.5. The monoisotopic (exact) mass is 368 g/mol. The number of benzene rings is 1. The maximum absolute atomic E-state index is 13.5. The van der Waals surface area contributed by atoms with Gasteiger partial charge in [-0.05, 0) is 58.2 Å². The molecule has 3 nitrogen and oxygen atoms in total. The minimum Gasteiger partial charge on any atom is -0.379 e. The summed E-state index contributed by atoms with van der Waals surface area (Å²) in [5.41, 5.74) is -0.172. The van der Waals surface area contributed by atoms with E-state index in [4.69, 9.17) is 13.9 Å². The largest absolute Gasteiger partial charge is 0.379 e. The molecule has 1 rings (SSSR count). The molecule has 1 aromatic rings. The molecule has 0 aliphatic rings. The molecule has 0 unspecified atom stereocenters. The molecular weight excluding hydrogens is 344 g/mol. The molecule has 138 valence electrons. The summed E-state index contributed by atoms with van der Waals surface area (Å²) >= 11 is 0. The third-order valence-electron chi connectivity index (χ3n) is 3.04. The van der Waals surface area contributed by atoms with E-state index in [1.165, 1.54) is 0 Å². The number of hydrogen-bond acceptors (Lipinski definition) is 3. The minimum absolute atomic E-state index is 0.0537. The molecule has 24 heavy (non-hydrogen) atoms. The second-order valence-corrected chi connectivity index (χ2v) is 7.39. The van der Waals surface area contributed by atoms with Gasteiger partial charge >= 0.3 is 0 Å². The fourth-order valence-corrected chi connectivity index (χ4v) is 2.93. The summed E-state index contributed by atoms with van der Waals surface area (Å²) in [6.45, 7) is 6.71. The molecule has 0 aliphatic carbocycles. The second-order valence-electron chi connectivity index (χ2n) is 5.95. The molecule has 0 amide bonds. The van der Waals surface area contributed by atoms with Crippen molar-refractivity contribution >= 4 is 9.76 Å². The zero-order chi connectivity index (χ0) is 18.3. The normalized spacial score (nSPS) is 12.5. The second kappa shape index (κ2) is 10.1. The van der Waals surface area contributed by atoms with Crippen LogP contribution in [0.2, 0.25) is 6.04 Å². The predicted octanol–water partition coefficient (Wildman–Crippen LogP) is 3.83. The standard InChI is InChI=1S/C16H24F4O3Si/c1-9(2)21-16(22-10(3)4)23-24-7-5-6-11-8-12(17)14(19)15(20)13(11)18/h8-10,16H,5-7,24H2,1-4H3. The Balaban J connectivity index is 2.43. The van der Waals surface area contributed by atoms with E-state index < -0.39 is 39.5 Å². The van der Waals surface area contributed by atoms with Gasteiger partial charge in [-0.15, -0.1) is 0 Å². The van der Waals surface area contributed by atoms with Crippen molar-refractivity contribution in [2.24, 2.45) is 0 Å². The van der Waals surface area contributed by atoms with E-state index in [1.807, 2.05) is 27.7 Å². The average molecular weight is 368 g/mol. The quantitative estimate of drug-likeness (QED) is 0.157. The third-order valence-corrected chi connectivity index (χ3v) is 4.34. The zero-order valence-electron chi connectivity index (χ0n) is 14.4. The molecule has 0 N–H and O–H groups in total. The van der Waals surface area contributed by atoms with E-state index >= 15 is 0 Å². The highest BCUT2D eigenvalue weighted by Gasteiger charge is 2.18. The summed E-state index contributed by atoms with van der Waals surface area (Å²) in [6, 6.07) is 1.34. The molecule has 0 radical (unpaired) electrons. The lowest BCUT2D eigenvalue weighted by Crippen LogP contribution is -2.28. The fraction of sp³-hybridized carbons (Fsp3) is 0.625. The molecule has 0 saturated carbocycles. The van der Waals surface area contributed by atoms with Gasteiger partial charge in [0, 0.05) is 0 Å². The number of aryl methyl sites for hydroxylation is 1. The van der Waals surface area contributed by atoms with Gasteiger partial charge in [0.15, 0.2) is 33.0 Å². The van der Waals surface area contributed by atoms with Crippen molar-refractivity contribution in [1.29, 1.82) is 0 Å². The molecule has 8 heteroatoms. The summed E-state index contributed by atoms with van der Waals surface area (Å²) < 4.78 is 69.2. The maximum Gasteiger partial charge on any atom is 0.262 e. The number of hydrogen-bond donors (Lipinski definition) is 0. The van der Waals surface area contributed by atoms with Crippen LogP contribution in [0.4, 0.5) is 17.6 Å². The predicted molar refractivity (Wildman–Crippen MR) is 85.3 cm³/mol. The summed E-state index contributed by atoms with van der Waals surface area (Å²) in [4.78, 5) is 0. The Bertz CT molecular complexity index is 517. The molecule has 1 aromatic carbocycles. The lowest BCUT2D eigenvalue weighted by Gasteiger charge is -2.23. The van der Waals surface area contributed by atoms with Gasteiger partial charge in [-0.1, -0.05) is 0 Å². The van der Waals surface area contributed by atoms with Gasteiger partial charge in [0.1, 0.15) is 0 Å². The Labute approximate surface area is 142 Å².